The summed E-state index contributed by atoms with van der Waals surface area (Å²) in [7, 11) is 0. The summed E-state index contributed by atoms with van der Waals surface area (Å²) in [5.74, 6) is -0.841. The molecule has 2 aromatic carbocycles. The van der Waals surface area contributed by atoms with Gasteiger partial charge >= 0.3 is 6.18 Å². The van der Waals surface area contributed by atoms with Gasteiger partial charge in [0.15, 0.2) is 5.69 Å². The van der Waals surface area contributed by atoms with E-state index in [2.05, 4.69) is 9.97 Å². The van der Waals surface area contributed by atoms with Crippen LogP contribution in [0.3, 0.4) is 0 Å². The number of hydrogen-bond acceptors (Lipinski definition) is 4. The Labute approximate surface area is 169 Å². The topological polar surface area (TPSA) is 32.3 Å². The Morgan fingerprint density at radius 3 is 1.80 bits per heavy atom. The zero-order valence-corrected chi connectivity index (χ0v) is 15.7. The van der Waals surface area contributed by atoms with Crippen LogP contribution in [0.1, 0.15) is 5.69 Å². The molecule has 1 aliphatic heterocycles. The normalized spacial score (nSPS) is 14.8. The van der Waals surface area contributed by atoms with Crippen LogP contribution in [-0.4, -0.2) is 36.1 Å². The molecule has 4 nitrogen and oxygen atoms in total. The summed E-state index contributed by atoms with van der Waals surface area (Å²) in [6.07, 6.45) is -4.64. The molecule has 0 saturated carbocycles. The predicted molar refractivity (Wildman–Crippen MR) is 103 cm³/mol. The number of halogens is 5. The highest BCUT2D eigenvalue weighted by Crippen LogP contribution is 2.32. The van der Waals surface area contributed by atoms with E-state index in [-0.39, 0.29) is 17.5 Å². The van der Waals surface area contributed by atoms with Gasteiger partial charge in [-0.15, -0.1) is 0 Å². The second-order valence-electron chi connectivity index (χ2n) is 6.89. The molecule has 3 aromatic rings. The summed E-state index contributed by atoms with van der Waals surface area (Å²) in [6.45, 7) is 1.86. The molecule has 30 heavy (non-hydrogen) atoms. The zero-order valence-electron chi connectivity index (χ0n) is 15.7. The standard InChI is InChI=1S/C21H17F5N4/c22-15-3-1-14(2-4-15)18-13-19(21(24,25)26)28-20(27-18)30-11-9-29(10-12-30)17-7-5-16(23)6-8-17/h1-8,13H,9-12H2. The van der Waals surface area contributed by atoms with Gasteiger partial charge in [-0.25, -0.2) is 18.7 Å². The van der Waals surface area contributed by atoms with Gasteiger partial charge in [0, 0.05) is 37.4 Å². The van der Waals surface area contributed by atoms with Gasteiger partial charge in [-0.1, -0.05) is 0 Å². The Bertz CT molecular complexity index is 1010. The second-order valence-corrected chi connectivity index (χ2v) is 6.89. The van der Waals surface area contributed by atoms with Crippen molar-refractivity contribution in [3.63, 3.8) is 0 Å². The molecule has 9 heteroatoms. The van der Waals surface area contributed by atoms with E-state index >= 15 is 0 Å². The third kappa shape index (κ3) is 4.34. The summed E-state index contributed by atoms with van der Waals surface area (Å²) < 4.78 is 66.5. The minimum Gasteiger partial charge on any atom is -0.368 e. The van der Waals surface area contributed by atoms with Crippen LogP contribution >= 0.6 is 0 Å². The Morgan fingerprint density at radius 1 is 0.700 bits per heavy atom. The Morgan fingerprint density at radius 2 is 1.23 bits per heavy atom. The molecule has 1 aliphatic rings. The maximum atomic E-state index is 13.4. The van der Waals surface area contributed by atoms with Gasteiger partial charge in [0.05, 0.1) is 5.69 Å². The Balaban J connectivity index is 1.59. The Kier molecular flexibility index (Phi) is 5.27. The molecule has 0 atom stereocenters. The smallest absolute Gasteiger partial charge is 0.368 e. The van der Waals surface area contributed by atoms with Crippen LogP contribution in [0.15, 0.2) is 54.6 Å². The highest BCUT2D eigenvalue weighted by molar-refractivity contribution is 5.61. The fraction of sp³-hybridized carbons (Fsp3) is 0.238. The lowest BCUT2D eigenvalue weighted by Crippen LogP contribution is -2.47. The van der Waals surface area contributed by atoms with Gasteiger partial charge in [-0.2, -0.15) is 13.2 Å². The van der Waals surface area contributed by atoms with E-state index in [0.29, 0.717) is 31.7 Å². The minimum atomic E-state index is -4.64. The van der Waals surface area contributed by atoms with Gasteiger partial charge in [0.1, 0.15) is 11.6 Å². The first kappa shape index (κ1) is 20.1. The average molecular weight is 420 g/mol. The summed E-state index contributed by atoms with van der Waals surface area (Å²) in [4.78, 5) is 11.7. The molecular weight excluding hydrogens is 403 g/mol. The largest absolute Gasteiger partial charge is 0.433 e. The first-order valence-electron chi connectivity index (χ1n) is 9.27. The van der Waals surface area contributed by atoms with Crippen LogP contribution in [0.5, 0.6) is 0 Å². The average Bonchev–Trinajstić information content (AvgIpc) is 2.74. The molecule has 0 radical (unpaired) electrons. The van der Waals surface area contributed by atoms with Crippen LogP contribution in [0.25, 0.3) is 11.3 Å². The molecule has 0 N–H and O–H groups in total. The fourth-order valence-corrected chi connectivity index (χ4v) is 3.31. The van der Waals surface area contributed by atoms with Crippen LogP contribution < -0.4 is 9.80 Å². The van der Waals surface area contributed by atoms with Crippen molar-refractivity contribution in [2.75, 3.05) is 36.0 Å². The van der Waals surface area contributed by atoms with Gasteiger partial charge in [0.2, 0.25) is 5.95 Å². The van der Waals surface area contributed by atoms with E-state index in [9.17, 15) is 22.0 Å². The van der Waals surface area contributed by atoms with Crippen molar-refractivity contribution in [3.05, 3.63) is 71.9 Å². The number of nitrogens with zero attached hydrogens (tertiary/aromatic N) is 4. The minimum absolute atomic E-state index is 0.0251. The van der Waals surface area contributed by atoms with Crippen LogP contribution in [0.2, 0.25) is 0 Å². The molecule has 1 fully saturated rings. The number of alkyl halides is 3. The predicted octanol–water partition coefficient (Wildman–Crippen LogP) is 4.77. The van der Waals surface area contributed by atoms with Crippen LogP contribution in [0.4, 0.5) is 33.6 Å². The number of anilines is 2. The summed E-state index contributed by atoms with van der Waals surface area (Å²) in [5.41, 5.74) is 0.240. The molecule has 1 saturated heterocycles. The molecule has 0 aliphatic carbocycles. The number of rotatable bonds is 3. The molecule has 0 amide bonds. The number of aromatic nitrogens is 2. The van der Waals surface area contributed by atoms with Gasteiger partial charge in [-0.05, 0) is 54.6 Å². The summed E-state index contributed by atoms with van der Waals surface area (Å²) >= 11 is 0. The van der Waals surface area contributed by atoms with E-state index in [1.54, 1.807) is 17.0 Å². The van der Waals surface area contributed by atoms with E-state index in [1.807, 2.05) is 4.90 Å². The number of hydrogen-bond donors (Lipinski definition) is 0. The highest BCUT2D eigenvalue weighted by atomic mass is 19.4. The maximum Gasteiger partial charge on any atom is 0.433 e. The first-order chi connectivity index (χ1) is 14.3. The van der Waals surface area contributed by atoms with Crippen molar-refractivity contribution in [2.45, 2.75) is 6.18 Å². The van der Waals surface area contributed by atoms with Gasteiger partial charge in [-0.3, -0.25) is 0 Å². The fourth-order valence-electron chi connectivity index (χ4n) is 3.31. The molecule has 156 valence electrons. The Hall–Kier alpha value is -3.23. The quantitative estimate of drug-likeness (QED) is 0.572. The summed E-state index contributed by atoms with van der Waals surface area (Å²) in [5, 5.41) is 0. The lowest BCUT2D eigenvalue weighted by molar-refractivity contribution is -0.141. The number of piperazine rings is 1. The maximum absolute atomic E-state index is 13.4. The molecule has 2 heterocycles. The molecule has 4 rings (SSSR count). The molecule has 0 spiro atoms. The molecule has 0 bridgehead atoms. The molecular formula is C21H17F5N4. The molecule has 0 unspecified atom stereocenters. The van der Waals surface area contributed by atoms with E-state index in [0.717, 1.165) is 11.8 Å². The molecule has 1 aromatic heterocycles. The van der Waals surface area contributed by atoms with Crippen LogP contribution in [0, 0.1) is 11.6 Å². The lowest BCUT2D eigenvalue weighted by Gasteiger charge is -2.36. The third-order valence-corrected chi connectivity index (χ3v) is 4.90. The van der Waals surface area contributed by atoms with Gasteiger partial charge < -0.3 is 9.80 Å². The lowest BCUT2D eigenvalue weighted by atomic mass is 10.1. The van der Waals surface area contributed by atoms with Crippen molar-refractivity contribution in [3.8, 4) is 11.3 Å². The second kappa shape index (κ2) is 7.89. The highest BCUT2D eigenvalue weighted by Gasteiger charge is 2.34. The van der Waals surface area contributed by atoms with Crippen molar-refractivity contribution in [1.29, 1.82) is 0 Å². The van der Waals surface area contributed by atoms with Crippen molar-refractivity contribution in [1.82, 2.24) is 9.97 Å². The zero-order chi connectivity index (χ0) is 21.3. The van der Waals surface area contributed by atoms with E-state index < -0.39 is 17.7 Å². The van der Waals surface area contributed by atoms with Crippen LogP contribution in [-0.2, 0) is 6.18 Å². The van der Waals surface area contributed by atoms with Crippen molar-refractivity contribution >= 4 is 11.6 Å². The van der Waals surface area contributed by atoms with E-state index in [4.69, 9.17) is 0 Å². The van der Waals surface area contributed by atoms with Gasteiger partial charge in [0.25, 0.3) is 0 Å². The number of benzene rings is 2. The van der Waals surface area contributed by atoms with Crippen molar-refractivity contribution in [2.24, 2.45) is 0 Å². The van der Waals surface area contributed by atoms with Crippen molar-refractivity contribution < 1.29 is 22.0 Å². The third-order valence-electron chi connectivity index (χ3n) is 4.90. The summed E-state index contributed by atoms with van der Waals surface area (Å²) in [6, 6.07) is 12.0. The monoisotopic (exact) mass is 420 g/mol. The first-order valence-corrected chi connectivity index (χ1v) is 9.27. The SMILES string of the molecule is Fc1ccc(-c2cc(C(F)(F)F)nc(N3CCN(c4ccc(F)cc4)CC3)n2)cc1. The van der Waals surface area contributed by atoms with E-state index in [1.165, 1.54) is 36.4 Å².